The van der Waals surface area contributed by atoms with Crippen LogP contribution in [-0.2, 0) is 14.3 Å². The Balaban J connectivity index is 1.68. The number of hydrogen-bond donors (Lipinski definition) is 2. The summed E-state index contributed by atoms with van der Waals surface area (Å²) in [6.07, 6.45) is 3.11. The van der Waals surface area contributed by atoms with Gasteiger partial charge in [-0.3, -0.25) is 9.59 Å². The molecule has 6 bridgehead atoms. The Kier molecular flexibility index (Phi) is 1.92. The summed E-state index contributed by atoms with van der Waals surface area (Å²) in [7, 11) is 0. The number of fused-ring (bicyclic) bond motifs is 1. The number of hydrogen-bond acceptors (Lipinski definition) is 4. The summed E-state index contributed by atoms with van der Waals surface area (Å²) in [4.78, 5) is 25.2. The molecule has 6 saturated carbocycles. The van der Waals surface area contributed by atoms with Gasteiger partial charge in [-0.1, -0.05) is 12.2 Å². The molecule has 128 valence electrons. The summed E-state index contributed by atoms with van der Waals surface area (Å²) in [6.45, 7) is 6.16. The van der Waals surface area contributed by atoms with Crippen LogP contribution in [0.4, 0.5) is 0 Å². The molecule has 2 N–H and O–H groups in total. The summed E-state index contributed by atoms with van der Waals surface area (Å²) in [5, 5.41) is 21.3. The van der Waals surface area contributed by atoms with E-state index in [1.54, 1.807) is 0 Å². The lowest BCUT2D eigenvalue weighted by Crippen LogP contribution is -2.56. The van der Waals surface area contributed by atoms with Crippen LogP contribution in [0.2, 0.25) is 0 Å². The molecule has 0 amide bonds. The van der Waals surface area contributed by atoms with Crippen LogP contribution in [0, 0.1) is 39.9 Å². The third-order valence-electron chi connectivity index (χ3n) is 9.20. The van der Waals surface area contributed by atoms with E-state index >= 15 is 0 Å². The molecule has 0 aromatic rings. The molecule has 1 heterocycles. The molecule has 1 saturated heterocycles. The summed E-state index contributed by atoms with van der Waals surface area (Å²) < 4.78 is 6.10. The number of carbonyl (C=O) groups excluding carboxylic acids is 1. The molecule has 7 aliphatic rings. The van der Waals surface area contributed by atoms with Gasteiger partial charge in [0.25, 0.3) is 0 Å². The predicted molar refractivity (Wildman–Crippen MR) is 81.6 cm³/mol. The van der Waals surface area contributed by atoms with Crippen LogP contribution in [0.5, 0.6) is 0 Å². The number of ether oxygens (including phenoxy) is 1. The molecule has 0 aromatic carbocycles. The van der Waals surface area contributed by atoms with E-state index in [-0.39, 0.29) is 23.7 Å². The minimum atomic E-state index is -0.817. The normalized spacial score (nSPS) is 64.5. The highest BCUT2D eigenvalue weighted by molar-refractivity contribution is 5.87. The Hall–Kier alpha value is -1.36. The second-order valence-corrected chi connectivity index (χ2v) is 9.41. The van der Waals surface area contributed by atoms with Gasteiger partial charge in [-0.25, -0.2) is 0 Å². The second-order valence-electron chi connectivity index (χ2n) is 9.41. The highest BCUT2D eigenvalue weighted by atomic mass is 16.6. The van der Waals surface area contributed by atoms with Crippen LogP contribution < -0.4 is 0 Å². The van der Waals surface area contributed by atoms with Crippen molar-refractivity contribution in [2.24, 2.45) is 39.9 Å². The van der Waals surface area contributed by atoms with E-state index in [0.29, 0.717) is 19.3 Å². The van der Waals surface area contributed by atoms with Crippen molar-refractivity contribution in [1.29, 1.82) is 0 Å². The zero-order valence-electron chi connectivity index (χ0n) is 13.7. The summed E-state index contributed by atoms with van der Waals surface area (Å²) in [5.41, 5.74) is -1.43. The highest BCUT2D eigenvalue weighted by Gasteiger charge is 3.02. The first-order valence-corrected chi connectivity index (χ1v) is 9.12. The van der Waals surface area contributed by atoms with Crippen LogP contribution in [0.25, 0.3) is 0 Å². The Labute approximate surface area is 140 Å². The molecule has 5 heteroatoms. The van der Waals surface area contributed by atoms with Gasteiger partial charge in [-0.2, -0.15) is 0 Å². The Bertz CT molecular complexity index is 759. The van der Waals surface area contributed by atoms with Crippen LogP contribution in [0.1, 0.15) is 39.0 Å². The number of rotatable bonds is 1. The van der Waals surface area contributed by atoms with Gasteiger partial charge in [0.2, 0.25) is 0 Å². The fourth-order valence-corrected chi connectivity index (χ4v) is 8.96. The Morgan fingerprint density at radius 2 is 2.12 bits per heavy atom. The second kappa shape index (κ2) is 3.33. The molecule has 5 nitrogen and oxygen atoms in total. The molecular weight excluding hydrogens is 308 g/mol. The van der Waals surface area contributed by atoms with Crippen molar-refractivity contribution in [3.8, 4) is 0 Å². The van der Waals surface area contributed by atoms with Gasteiger partial charge in [-0.05, 0) is 50.9 Å². The van der Waals surface area contributed by atoms with E-state index in [2.05, 4.69) is 6.58 Å². The zero-order valence-corrected chi connectivity index (χ0v) is 13.7. The van der Waals surface area contributed by atoms with Crippen molar-refractivity contribution >= 4 is 11.9 Å². The van der Waals surface area contributed by atoms with Crippen LogP contribution in [0.3, 0.4) is 0 Å². The first-order chi connectivity index (χ1) is 11.3. The first-order valence-electron chi connectivity index (χ1n) is 9.12. The maximum Gasteiger partial charge on any atom is 0.312 e. The highest BCUT2D eigenvalue weighted by Crippen LogP contribution is 2.98. The molecule has 0 radical (unpaired) electrons. The topological polar surface area (TPSA) is 83.8 Å². The van der Waals surface area contributed by atoms with Crippen molar-refractivity contribution in [3.63, 3.8) is 0 Å². The van der Waals surface area contributed by atoms with E-state index in [1.807, 2.05) is 6.92 Å². The lowest BCUT2D eigenvalue weighted by atomic mass is 9.55. The van der Waals surface area contributed by atoms with Gasteiger partial charge >= 0.3 is 11.9 Å². The molecule has 0 aromatic heterocycles. The maximum atomic E-state index is 12.8. The van der Waals surface area contributed by atoms with Gasteiger partial charge in [0.15, 0.2) is 0 Å². The largest absolute Gasteiger partial charge is 0.481 e. The lowest BCUT2D eigenvalue weighted by Gasteiger charge is -2.49. The number of carbonyl (C=O) groups is 2. The standard InChI is InChI=1S/C19H22O5/c1-8-9-6-10(20)19-12(8)17(19,7-9)11(14(21)22)13-16(2)4-3-5-18(13,19)24-15(16)23/h9-13,20H,1,3-7H2,2H3,(H,21,22)/t9-,10+,11-,12-,13-,16-,17-,18+,19+/m1/s1. The van der Waals surface area contributed by atoms with E-state index in [9.17, 15) is 19.8 Å². The van der Waals surface area contributed by atoms with Crippen molar-refractivity contribution in [2.75, 3.05) is 0 Å². The summed E-state index contributed by atoms with van der Waals surface area (Å²) in [6, 6.07) is 0. The van der Waals surface area contributed by atoms with Crippen molar-refractivity contribution < 1.29 is 24.5 Å². The van der Waals surface area contributed by atoms with E-state index < -0.39 is 39.8 Å². The number of carboxylic acids is 1. The molecule has 2 spiro atoms. The fourth-order valence-electron chi connectivity index (χ4n) is 8.96. The van der Waals surface area contributed by atoms with Gasteiger partial charge < -0.3 is 14.9 Å². The number of aliphatic hydroxyl groups excluding tert-OH is 1. The van der Waals surface area contributed by atoms with Crippen molar-refractivity contribution in [1.82, 2.24) is 0 Å². The average Bonchev–Trinajstić information content (AvgIpc) is 2.91. The smallest absolute Gasteiger partial charge is 0.312 e. The number of aliphatic carboxylic acids is 1. The molecule has 1 aliphatic heterocycles. The van der Waals surface area contributed by atoms with E-state index in [4.69, 9.17) is 4.74 Å². The molecular formula is C19H22O5. The number of aliphatic hydroxyl groups is 1. The van der Waals surface area contributed by atoms with Crippen molar-refractivity contribution in [3.05, 3.63) is 12.2 Å². The van der Waals surface area contributed by atoms with Crippen LogP contribution in [-0.4, -0.2) is 33.9 Å². The third kappa shape index (κ3) is 0.889. The zero-order chi connectivity index (χ0) is 16.9. The predicted octanol–water partition coefficient (Wildman–Crippen LogP) is 1.75. The van der Waals surface area contributed by atoms with Gasteiger partial charge in [0.1, 0.15) is 5.60 Å². The average molecular weight is 330 g/mol. The van der Waals surface area contributed by atoms with Gasteiger partial charge in [0, 0.05) is 11.3 Å². The molecule has 6 aliphatic carbocycles. The number of allylic oxidation sites excluding steroid dienone is 1. The third-order valence-corrected chi connectivity index (χ3v) is 9.20. The van der Waals surface area contributed by atoms with Crippen LogP contribution >= 0.6 is 0 Å². The Morgan fingerprint density at radius 3 is 2.83 bits per heavy atom. The monoisotopic (exact) mass is 330 g/mol. The maximum absolute atomic E-state index is 12.8. The first kappa shape index (κ1) is 13.9. The molecule has 9 atom stereocenters. The minimum Gasteiger partial charge on any atom is -0.481 e. The fraction of sp³-hybridized carbons (Fsp3) is 0.789. The SMILES string of the molecule is C=C1[C@@H]2C[C@H](O)[C@]34[C@H]1[C@@]3(C2)[C@@H](C(=O)O)[C@@H]1[C@@]2(C)CCC[C@]14OC2=O. The summed E-state index contributed by atoms with van der Waals surface area (Å²) >= 11 is 0. The summed E-state index contributed by atoms with van der Waals surface area (Å²) in [5.74, 6) is -1.72. The molecule has 24 heavy (non-hydrogen) atoms. The van der Waals surface area contributed by atoms with Crippen LogP contribution in [0.15, 0.2) is 12.2 Å². The van der Waals surface area contributed by atoms with E-state index in [0.717, 1.165) is 18.4 Å². The minimum absolute atomic E-state index is 0.0179. The van der Waals surface area contributed by atoms with Crippen molar-refractivity contribution in [2.45, 2.75) is 50.7 Å². The molecule has 7 fully saturated rings. The number of esters is 1. The molecule has 0 unspecified atom stereocenters. The quantitative estimate of drug-likeness (QED) is 0.565. The van der Waals surface area contributed by atoms with E-state index in [1.165, 1.54) is 0 Å². The Morgan fingerprint density at radius 1 is 1.38 bits per heavy atom. The van der Waals surface area contributed by atoms with Gasteiger partial charge in [-0.15, -0.1) is 0 Å². The molecule has 7 rings (SSSR count). The van der Waals surface area contributed by atoms with Gasteiger partial charge in [0.05, 0.1) is 22.9 Å². The number of carboxylic acid groups (broad SMARTS) is 1. The lowest BCUT2D eigenvalue weighted by molar-refractivity contribution is -0.171.